The monoisotopic (exact) mass is 193 g/mol. The van der Waals surface area contributed by atoms with E-state index in [0.29, 0.717) is 19.4 Å². The molecule has 0 bridgehead atoms. The fraction of sp³-hybridized carbons (Fsp3) is 0.875. The van der Waals surface area contributed by atoms with Crippen molar-refractivity contribution < 1.29 is 18.3 Å². The molecule has 1 saturated carbocycles. The summed E-state index contributed by atoms with van der Waals surface area (Å²) in [6.45, 7) is 2.51. The Hall–Kier alpha value is -0.710. The van der Waals surface area contributed by atoms with Crippen molar-refractivity contribution in [1.29, 1.82) is 0 Å². The molecule has 0 aromatic heterocycles. The van der Waals surface area contributed by atoms with E-state index in [1.54, 1.807) is 0 Å². The molecule has 1 aliphatic carbocycles. The van der Waals surface area contributed by atoms with Gasteiger partial charge in [0.1, 0.15) is 0 Å². The molecular formula is C8H13F2NO2. The van der Waals surface area contributed by atoms with Gasteiger partial charge in [-0.05, 0) is 19.8 Å². The van der Waals surface area contributed by atoms with Crippen LogP contribution in [0, 0.1) is 0 Å². The molecule has 0 aromatic rings. The van der Waals surface area contributed by atoms with Crippen LogP contribution < -0.4 is 5.32 Å². The van der Waals surface area contributed by atoms with E-state index < -0.39 is 12.3 Å². The number of rotatable bonds is 4. The standard InChI is InChI=1S/C8H13F2NO2/c1-2-13-6-3-5(4-6)11-8(12)7(9)10/h5-7H,2-4H2,1H3,(H,11,12). The van der Waals surface area contributed by atoms with Crippen molar-refractivity contribution in [2.75, 3.05) is 6.61 Å². The molecular weight excluding hydrogens is 180 g/mol. The summed E-state index contributed by atoms with van der Waals surface area (Å²) in [5, 5.41) is 2.24. The number of halogens is 2. The minimum Gasteiger partial charge on any atom is -0.378 e. The maximum atomic E-state index is 11.8. The van der Waals surface area contributed by atoms with E-state index in [2.05, 4.69) is 5.32 Å². The van der Waals surface area contributed by atoms with E-state index in [4.69, 9.17) is 4.74 Å². The lowest BCUT2D eigenvalue weighted by molar-refractivity contribution is -0.134. The molecule has 0 unspecified atom stereocenters. The van der Waals surface area contributed by atoms with Crippen molar-refractivity contribution >= 4 is 5.91 Å². The highest BCUT2D eigenvalue weighted by molar-refractivity contribution is 5.79. The Kier molecular flexibility index (Phi) is 3.59. The van der Waals surface area contributed by atoms with Crippen molar-refractivity contribution in [1.82, 2.24) is 5.32 Å². The van der Waals surface area contributed by atoms with E-state index in [-0.39, 0.29) is 12.1 Å². The Bertz CT molecular complexity index is 181. The summed E-state index contributed by atoms with van der Waals surface area (Å²) < 4.78 is 28.7. The summed E-state index contributed by atoms with van der Waals surface area (Å²) in [7, 11) is 0. The van der Waals surface area contributed by atoms with Crippen molar-refractivity contribution in [2.45, 2.75) is 38.3 Å². The second-order valence-electron chi connectivity index (χ2n) is 3.05. The number of hydrogen-bond donors (Lipinski definition) is 1. The van der Waals surface area contributed by atoms with Gasteiger partial charge in [0.05, 0.1) is 6.10 Å². The number of alkyl halides is 2. The predicted molar refractivity (Wildman–Crippen MR) is 42.6 cm³/mol. The van der Waals surface area contributed by atoms with Crippen LogP contribution in [0.4, 0.5) is 8.78 Å². The minimum absolute atomic E-state index is 0.127. The Morgan fingerprint density at radius 3 is 2.69 bits per heavy atom. The molecule has 0 heterocycles. The molecule has 13 heavy (non-hydrogen) atoms. The van der Waals surface area contributed by atoms with E-state index in [1.807, 2.05) is 6.92 Å². The average Bonchev–Trinajstić information content (AvgIpc) is 2.00. The lowest BCUT2D eigenvalue weighted by Crippen LogP contribution is -2.49. The molecule has 1 rings (SSSR count). The zero-order valence-corrected chi connectivity index (χ0v) is 7.43. The molecule has 3 nitrogen and oxygen atoms in total. The highest BCUT2D eigenvalue weighted by Gasteiger charge is 2.32. The topological polar surface area (TPSA) is 38.3 Å². The van der Waals surface area contributed by atoms with Crippen molar-refractivity contribution in [3.8, 4) is 0 Å². The normalized spacial score (nSPS) is 27.1. The third-order valence-corrected chi connectivity index (χ3v) is 2.04. The lowest BCUT2D eigenvalue weighted by atomic mass is 9.89. The first kappa shape index (κ1) is 10.4. The highest BCUT2D eigenvalue weighted by atomic mass is 19.3. The minimum atomic E-state index is -2.91. The van der Waals surface area contributed by atoms with Gasteiger partial charge in [0.15, 0.2) is 0 Å². The van der Waals surface area contributed by atoms with Gasteiger partial charge in [-0.3, -0.25) is 4.79 Å². The second kappa shape index (κ2) is 4.50. The second-order valence-corrected chi connectivity index (χ2v) is 3.05. The summed E-state index contributed by atoms with van der Waals surface area (Å²) in [6.07, 6.45) is -1.49. The van der Waals surface area contributed by atoms with Crippen LogP contribution >= 0.6 is 0 Å². The number of amides is 1. The quantitative estimate of drug-likeness (QED) is 0.721. The molecule has 76 valence electrons. The van der Waals surface area contributed by atoms with Gasteiger partial charge in [-0.15, -0.1) is 0 Å². The van der Waals surface area contributed by atoms with Crippen LogP contribution in [-0.4, -0.2) is 31.1 Å². The molecule has 5 heteroatoms. The molecule has 1 amide bonds. The maximum absolute atomic E-state index is 11.8. The molecule has 0 saturated heterocycles. The largest absolute Gasteiger partial charge is 0.378 e. The van der Waals surface area contributed by atoms with Gasteiger partial charge in [0, 0.05) is 12.6 Å². The third kappa shape index (κ3) is 2.91. The fourth-order valence-electron chi connectivity index (χ4n) is 1.32. The van der Waals surface area contributed by atoms with Crippen LogP contribution in [-0.2, 0) is 9.53 Å². The Morgan fingerprint density at radius 2 is 2.23 bits per heavy atom. The first-order valence-electron chi connectivity index (χ1n) is 4.33. The molecule has 0 atom stereocenters. The number of carbonyl (C=O) groups is 1. The summed E-state index contributed by atoms with van der Waals surface area (Å²) in [5.41, 5.74) is 0. The van der Waals surface area contributed by atoms with Crippen LogP contribution in [0.5, 0.6) is 0 Å². The van der Waals surface area contributed by atoms with Gasteiger partial charge in [0.2, 0.25) is 0 Å². The fourth-order valence-corrected chi connectivity index (χ4v) is 1.32. The molecule has 1 fully saturated rings. The first-order chi connectivity index (χ1) is 6.13. The molecule has 0 spiro atoms. The Morgan fingerprint density at radius 1 is 1.62 bits per heavy atom. The smallest absolute Gasteiger partial charge is 0.315 e. The summed E-state index contributed by atoms with van der Waals surface area (Å²) in [4.78, 5) is 10.5. The van der Waals surface area contributed by atoms with Crippen molar-refractivity contribution in [3.05, 3.63) is 0 Å². The zero-order valence-electron chi connectivity index (χ0n) is 7.43. The van der Waals surface area contributed by atoms with Crippen molar-refractivity contribution in [2.24, 2.45) is 0 Å². The van der Waals surface area contributed by atoms with Crippen molar-refractivity contribution in [3.63, 3.8) is 0 Å². The summed E-state index contributed by atoms with van der Waals surface area (Å²) in [5.74, 6) is -1.18. The van der Waals surface area contributed by atoms with Gasteiger partial charge >= 0.3 is 6.43 Å². The lowest BCUT2D eigenvalue weighted by Gasteiger charge is -2.35. The van der Waals surface area contributed by atoms with Crippen LogP contribution in [0.25, 0.3) is 0 Å². The first-order valence-corrected chi connectivity index (χ1v) is 4.33. The molecule has 1 N–H and O–H groups in total. The summed E-state index contributed by atoms with van der Waals surface area (Å²) >= 11 is 0. The summed E-state index contributed by atoms with van der Waals surface area (Å²) in [6, 6.07) is -0.127. The van der Waals surface area contributed by atoms with E-state index in [1.165, 1.54) is 0 Å². The molecule has 0 aromatic carbocycles. The average molecular weight is 193 g/mol. The van der Waals surface area contributed by atoms with Gasteiger partial charge in [-0.2, -0.15) is 8.78 Å². The van der Waals surface area contributed by atoms with Crippen LogP contribution in [0.3, 0.4) is 0 Å². The zero-order chi connectivity index (χ0) is 9.84. The van der Waals surface area contributed by atoms with Gasteiger partial charge in [-0.1, -0.05) is 0 Å². The van der Waals surface area contributed by atoms with Gasteiger partial charge in [-0.25, -0.2) is 0 Å². The van der Waals surface area contributed by atoms with Crippen LogP contribution in [0.1, 0.15) is 19.8 Å². The molecule has 1 aliphatic rings. The van der Waals surface area contributed by atoms with E-state index >= 15 is 0 Å². The van der Waals surface area contributed by atoms with Crippen LogP contribution in [0.2, 0.25) is 0 Å². The highest BCUT2D eigenvalue weighted by Crippen LogP contribution is 2.23. The Balaban J connectivity index is 2.11. The number of carbonyl (C=O) groups excluding carboxylic acids is 1. The number of nitrogens with one attached hydrogen (secondary N) is 1. The maximum Gasteiger partial charge on any atom is 0.315 e. The molecule has 0 aliphatic heterocycles. The third-order valence-electron chi connectivity index (χ3n) is 2.04. The SMILES string of the molecule is CCOC1CC(NC(=O)C(F)F)C1. The van der Waals surface area contributed by atoms with Gasteiger partial charge in [0.25, 0.3) is 5.91 Å². The van der Waals surface area contributed by atoms with Crippen LogP contribution in [0.15, 0.2) is 0 Å². The predicted octanol–water partition coefficient (Wildman–Crippen LogP) is 0.935. The van der Waals surface area contributed by atoms with E-state index in [0.717, 1.165) is 0 Å². The Labute approximate surface area is 75.4 Å². The van der Waals surface area contributed by atoms with Gasteiger partial charge < -0.3 is 10.1 Å². The molecule has 0 radical (unpaired) electrons. The number of hydrogen-bond acceptors (Lipinski definition) is 2. The van der Waals surface area contributed by atoms with E-state index in [9.17, 15) is 13.6 Å². The number of ether oxygens (including phenoxy) is 1.